The second-order valence-electron chi connectivity index (χ2n) is 13.8. The maximum absolute atomic E-state index is 5.52. The maximum Gasteiger partial charge on any atom is 0.0979 e. The van der Waals surface area contributed by atoms with Crippen LogP contribution in [0.4, 0.5) is 0 Å². The summed E-state index contributed by atoms with van der Waals surface area (Å²) in [6, 6.07) is 59.7. The van der Waals surface area contributed by atoms with E-state index in [1.165, 1.54) is 21.7 Å². The van der Waals surface area contributed by atoms with Gasteiger partial charge in [-0.05, 0) is 49.9 Å². The molecular formula is C50H30N4. The average Bonchev–Trinajstić information content (AvgIpc) is 3.26. The molecule has 11 aromatic rings. The van der Waals surface area contributed by atoms with E-state index >= 15 is 0 Å². The molecule has 0 aliphatic carbocycles. The van der Waals surface area contributed by atoms with E-state index < -0.39 is 0 Å². The second-order valence-corrected chi connectivity index (χ2v) is 13.8. The minimum absolute atomic E-state index is 0.781. The van der Waals surface area contributed by atoms with Gasteiger partial charge in [-0.2, -0.15) is 0 Å². The molecule has 9 aromatic carbocycles. The zero-order chi connectivity index (χ0) is 35.6. The zero-order valence-electron chi connectivity index (χ0n) is 29.1. The van der Waals surface area contributed by atoms with Gasteiger partial charge in [0.05, 0.1) is 45.8 Å². The first kappa shape index (κ1) is 30.3. The molecule has 0 spiro atoms. The Morgan fingerprint density at radius 3 is 1.26 bits per heavy atom. The van der Waals surface area contributed by atoms with Crippen LogP contribution in [0.5, 0.6) is 0 Å². The minimum atomic E-state index is 0.781. The number of nitrogens with zero attached hydrogens (tertiary/aromatic N) is 4. The molecule has 2 aromatic heterocycles. The molecule has 0 bridgehead atoms. The average molecular weight is 687 g/mol. The van der Waals surface area contributed by atoms with Crippen LogP contribution in [-0.4, -0.2) is 19.9 Å². The molecule has 4 nitrogen and oxygen atoms in total. The summed E-state index contributed by atoms with van der Waals surface area (Å²) in [7, 11) is 0. The highest BCUT2D eigenvalue weighted by atomic mass is 14.8. The van der Waals surface area contributed by atoms with Gasteiger partial charge in [-0.15, -0.1) is 0 Å². The fourth-order valence-electron chi connectivity index (χ4n) is 8.28. The van der Waals surface area contributed by atoms with Crippen LogP contribution < -0.4 is 0 Å². The molecule has 11 rings (SSSR count). The SMILES string of the molecule is c1ccc(-c2cccc(-c3cccc(-c4cnc5c6ccccc6c6ccccc6c5n4)c3-c3cnc4c5ccccc5c5ccccc5c4n3)c2)cc1. The number of aromatic nitrogens is 4. The summed E-state index contributed by atoms with van der Waals surface area (Å²) in [5.74, 6) is 0. The highest BCUT2D eigenvalue weighted by Crippen LogP contribution is 2.42. The quantitative estimate of drug-likeness (QED) is 0.173. The molecule has 0 saturated heterocycles. The van der Waals surface area contributed by atoms with E-state index in [0.29, 0.717) is 0 Å². The lowest BCUT2D eigenvalue weighted by molar-refractivity contribution is 1.29. The molecule has 0 aliphatic heterocycles. The number of benzene rings is 9. The Kier molecular flexibility index (Phi) is 6.82. The highest BCUT2D eigenvalue weighted by molar-refractivity contribution is 6.24. The molecule has 0 N–H and O–H groups in total. The van der Waals surface area contributed by atoms with Crippen molar-refractivity contribution in [3.05, 3.63) is 182 Å². The summed E-state index contributed by atoms with van der Waals surface area (Å²) in [6.07, 6.45) is 3.86. The van der Waals surface area contributed by atoms with Gasteiger partial charge in [0.1, 0.15) is 0 Å². The van der Waals surface area contributed by atoms with Crippen LogP contribution >= 0.6 is 0 Å². The normalized spacial score (nSPS) is 11.7. The summed E-state index contributed by atoms with van der Waals surface area (Å²) >= 11 is 0. The van der Waals surface area contributed by atoms with Gasteiger partial charge in [0.2, 0.25) is 0 Å². The van der Waals surface area contributed by atoms with Crippen molar-refractivity contribution < 1.29 is 0 Å². The smallest absolute Gasteiger partial charge is 0.0979 e. The third-order valence-corrected chi connectivity index (χ3v) is 10.7. The minimum Gasteiger partial charge on any atom is -0.252 e. The van der Waals surface area contributed by atoms with Crippen LogP contribution in [0, 0.1) is 0 Å². The molecule has 4 heteroatoms. The zero-order valence-corrected chi connectivity index (χ0v) is 29.1. The van der Waals surface area contributed by atoms with Gasteiger partial charge >= 0.3 is 0 Å². The fraction of sp³-hybridized carbons (Fsp3) is 0. The summed E-state index contributed by atoms with van der Waals surface area (Å²) in [6.45, 7) is 0. The van der Waals surface area contributed by atoms with Crippen LogP contribution in [0.2, 0.25) is 0 Å². The van der Waals surface area contributed by atoms with Crippen LogP contribution in [0.3, 0.4) is 0 Å². The van der Waals surface area contributed by atoms with Crippen molar-refractivity contribution in [2.45, 2.75) is 0 Å². The van der Waals surface area contributed by atoms with E-state index in [-0.39, 0.29) is 0 Å². The topological polar surface area (TPSA) is 51.6 Å². The Morgan fingerprint density at radius 2 is 0.685 bits per heavy atom. The Balaban J connectivity index is 1.22. The number of fused-ring (bicyclic) bond motifs is 12. The van der Waals surface area contributed by atoms with Crippen molar-refractivity contribution in [2.24, 2.45) is 0 Å². The van der Waals surface area contributed by atoms with Crippen LogP contribution in [0.15, 0.2) is 182 Å². The fourth-order valence-corrected chi connectivity index (χ4v) is 8.28. The number of hydrogen-bond acceptors (Lipinski definition) is 4. The molecule has 0 saturated carbocycles. The van der Waals surface area contributed by atoms with Gasteiger partial charge in [-0.3, -0.25) is 9.97 Å². The van der Waals surface area contributed by atoms with Crippen LogP contribution in [0.1, 0.15) is 0 Å². The molecule has 54 heavy (non-hydrogen) atoms. The number of hydrogen-bond donors (Lipinski definition) is 0. The molecule has 250 valence electrons. The third kappa shape index (κ3) is 4.70. The van der Waals surface area contributed by atoms with Gasteiger partial charge in [-0.25, -0.2) is 9.97 Å². The van der Waals surface area contributed by atoms with Crippen LogP contribution in [-0.2, 0) is 0 Å². The van der Waals surface area contributed by atoms with E-state index in [0.717, 1.165) is 88.2 Å². The maximum atomic E-state index is 5.52. The first-order valence-corrected chi connectivity index (χ1v) is 18.2. The Bertz CT molecular complexity index is 3210. The largest absolute Gasteiger partial charge is 0.252 e. The van der Waals surface area contributed by atoms with E-state index in [2.05, 4.69) is 170 Å². The lowest BCUT2D eigenvalue weighted by Gasteiger charge is -2.17. The lowest BCUT2D eigenvalue weighted by atomic mass is 9.90. The van der Waals surface area contributed by atoms with Gasteiger partial charge in [-0.1, -0.05) is 164 Å². The lowest BCUT2D eigenvalue weighted by Crippen LogP contribution is -1.98. The van der Waals surface area contributed by atoms with E-state index in [4.69, 9.17) is 19.9 Å². The summed E-state index contributed by atoms with van der Waals surface area (Å²) < 4.78 is 0. The summed E-state index contributed by atoms with van der Waals surface area (Å²) in [5.41, 5.74) is 11.5. The van der Waals surface area contributed by atoms with Crippen molar-refractivity contribution in [2.75, 3.05) is 0 Å². The first-order chi connectivity index (χ1) is 26.8. The monoisotopic (exact) mass is 686 g/mol. The van der Waals surface area contributed by atoms with Gasteiger partial charge in [0.25, 0.3) is 0 Å². The van der Waals surface area contributed by atoms with Crippen molar-refractivity contribution in [1.29, 1.82) is 0 Å². The standard InChI is InChI=1S/C50H30N4/c1-2-14-31(15-3-1)32-16-12-17-33(28-32)34-26-13-27-43(44-29-51-47-39-22-8-4-18-35(39)37-20-6-10-24-41(37)49(47)53-44)46(34)45-30-52-48-40-23-9-5-19-36(40)38-21-7-11-25-42(38)50(48)54-45/h1-30H. The van der Waals surface area contributed by atoms with Gasteiger partial charge in [0.15, 0.2) is 0 Å². The summed E-state index contributed by atoms with van der Waals surface area (Å²) in [4.78, 5) is 21.3. The van der Waals surface area contributed by atoms with E-state index in [9.17, 15) is 0 Å². The molecule has 0 radical (unpaired) electrons. The molecule has 0 aliphatic rings. The third-order valence-electron chi connectivity index (χ3n) is 10.7. The van der Waals surface area contributed by atoms with Crippen molar-refractivity contribution in [1.82, 2.24) is 19.9 Å². The number of rotatable bonds is 4. The Hall–Kier alpha value is -7.30. The van der Waals surface area contributed by atoms with Crippen molar-refractivity contribution in [3.8, 4) is 44.8 Å². The Morgan fingerprint density at radius 1 is 0.278 bits per heavy atom. The predicted molar refractivity (Wildman–Crippen MR) is 224 cm³/mol. The van der Waals surface area contributed by atoms with Crippen LogP contribution in [0.25, 0.3) is 110 Å². The summed E-state index contributed by atoms with van der Waals surface area (Å²) in [5, 5.41) is 9.02. The molecular weight excluding hydrogens is 657 g/mol. The highest BCUT2D eigenvalue weighted by Gasteiger charge is 2.21. The van der Waals surface area contributed by atoms with E-state index in [1.54, 1.807) is 0 Å². The van der Waals surface area contributed by atoms with E-state index in [1.807, 2.05) is 12.4 Å². The van der Waals surface area contributed by atoms with Crippen molar-refractivity contribution >= 4 is 65.2 Å². The first-order valence-electron chi connectivity index (χ1n) is 18.2. The Labute approximate surface area is 311 Å². The molecule has 0 fully saturated rings. The molecule has 0 amide bonds. The predicted octanol–water partition coefficient (Wildman–Crippen LogP) is 12.9. The second kappa shape index (κ2) is 12.1. The molecule has 2 heterocycles. The molecule has 0 unspecified atom stereocenters. The van der Waals surface area contributed by atoms with Crippen molar-refractivity contribution in [3.63, 3.8) is 0 Å². The molecule has 0 atom stereocenters. The van der Waals surface area contributed by atoms with Gasteiger partial charge in [0, 0.05) is 32.7 Å². The van der Waals surface area contributed by atoms with Gasteiger partial charge < -0.3 is 0 Å².